The molecule has 96 valence electrons. The summed E-state index contributed by atoms with van der Waals surface area (Å²) >= 11 is 0. The van der Waals surface area contributed by atoms with Crippen LogP contribution in [0.3, 0.4) is 0 Å². The molecule has 1 amide bonds. The smallest absolute Gasteiger partial charge is 0.256 e. The van der Waals surface area contributed by atoms with Crippen LogP contribution >= 0.6 is 0 Å². The van der Waals surface area contributed by atoms with E-state index in [1.54, 1.807) is 4.90 Å². The monoisotopic (exact) mass is 245 g/mol. The Bertz CT molecular complexity index is 492. The number of hydrogen-bond donors (Lipinski definition) is 1. The van der Waals surface area contributed by atoms with Crippen molar-refractivity contribution in [2.45, 2.75) is 25.9 Å². The summed E-state index contributed by atoms with van der Waals surface area (Å²) in [5, 5.41) is 0. The predicted molar refractivity (Wildman–Crippen MR) is 71.2 cm³/mol. The first-order valence-electron chi connectivity index (χ1n) is 6.55. The van der Waals surface area contributed by atoms with Crippen LogP contribution in [0.5, 0.6) is 0 Å². The topological polar surface area (TPSA) is 49.6 Å². The van der Waals surface area contributed by atoms with Gasteiger partial charge >= 0.3 is 0 Å². The van der Waals surface area contributed by atoms with Crippen LogP contribution in [-0.4, -0.2) is 35.8 Å². The SMILES string of the molecule is CN1Cc2c(CN3CCCC3)ccc(N)c2C1=O. The maximum atomic E-state index is 12.0. The molecule has 4 heteroatoms. The highest BCUT2D eigenvalue weighted by Gasteiger charge is 2.29. The molecule has 0 bridgehead atoms. The van der Waals surface area contributed by atoms with Gasteiger partial charge in [0.1, 0.15) is 0 Å². The van der Waals surface area contributed by atoms with Crippen LogP contribution in [0, 0.1) is 0 Å². The van der Waals surface area contributed by atoms with E-state index in [0.717, 1.165) is 17.7 Å². The number of carbonyl (C=O) groups is 1. The Morgan fingerprint density at radius 3 is 2.72 bits per heavy atom. The van der Waals surface area contributed by atoms with Crippen LogP contribution in [0.15, 0.2) is 12.1 Å². The molecule has 1 aromatic carbocycles. The highest BCUT2D eigenvalue weighted by atomic mass is 16.2. The molecule has 0 spiro atoms. The van der Waals surface area contributed by atoms with Crippen molar-refractivity contribution in [3.63, 3.8) is 0 Å². The number of anilines is 1. The van der Waals surface area contributed by atoms with Gasteiger partial charge < -0.3 is 10.6 Å². The summed E-state index contributed by atoms with van der Waals surface area (Å²) in [7, 11) is 1.83. The molecule has 0 saturated carbocycles. The molecular weight excluding hydrogens is 226 g/mol. The first kappa shape index (κ1) is 11.5. The Labute approximate surface area is 107 Å². The molecule has 1 saturated heterocycles. The van der Waals surface area contributed by atoms with Crippen LogP contribution < -0.4 is 5.73 Å². The summed E-state index contributed by atoms with van der Waals surface area (Å²) in [5.74, 6) is 0.0609. The maximum absolute atomic E-state index is 12.0. The summed E-state index contributed by atoms with van der Waals surface area (Å²) in [4.78, 5) is 16.2. The second kappa shape index (κ2) is 4.28. The first-order valence-corrected chi connectivity index (χ1v) is 6.55. The van der Waals surface area contributed by atoms with Gasteiger partial charge in [-0.1, -0.05) is 6.07 Å². The van der Waals surface area contributed by atoms with Crippen molar-refractivity contribution in [1.82, 2.24) is 9.80 Å². The van der Waals surface area contributed by atoms with Crippen molar-refractivity contribution >= 4 is 11.6 Å². The third-order valence-corrected chi connectivity index (χ3v) is 3.99. The number of benzene rings is 1. The zero-order valence-electron chi connectivity index (χ0n) is 10.8. The van der Waals surface area contributed by atoms with Gasteiger partial charge in [-0.25, -0.2) is 0 Å². The van der Waals surface area contributed by atoms with Crippen LogP contribution in [-0.2, 0) is 13.1 Å². The molecule has 2 N–H and O–H groups in total. The molecule has 18 heavy (non-hydrogen) atoms. The molecule has 0 unspecified atom stereocenters. The summed E-state index contributed by atoms with van der Waals surface area (Å²) in [5.41, 5.74) is 9.68. The molecule has 4 nitrogen and oxygen atoms in total. The van der Waals surface area contributed by atoms with Crippen LogP contribution in [0.25, 0.3) is 0 Å². The molecule has 1 aromatic rings. The van der Waals surface area contributed by atoms with Gasteiger partial charge in [-0.05, 0) is 43.1 Å². The van der Waals surface area contributed by atoms with Gasteiger partial charge in [-0.15, -0.1) is 0 Å². The number of nitrogens with zero attached hydrogens (tertiary/aromatic N) is 2. The molecule has 0 aromatic heterocycles. The zero-order chi connectivity index (χ0) is 12.7. The lowest BCUT2D eigenvalue weighted by Crippen LogP contribution is -2.19. The molecule has 3 rings (SSSR count). The predicted octanol–water partition coefficient (Wildman–Crippen LogP) is 1.45. The third-order valence-electron chi connectivity index (χ3n) is 3.99. The van der Waals surface area contributed by atoms with Crippen LogP contribution in [0.2, 0.25) is 0 Å². The van der Waals surface area contributed by atoms with Gasteiger partial charge in [-0.3, -0.25) is 9.69 Å². The van der Waals surface area contributed by atoms with Crippen molar-refractivity contribution in [3.05, 3.63) is 28.8 Å². The van der Waals surface area contributed by atoms with E-state index in [1.807, 2.05) is 13.1 Å². The molecule has 2 aliphatic heterocycles. The fourth-order valence-corrected chi connectivity index (χ4v) is 2.97. The van der Waals surface area contributed by atoms with E-state index >= 15 is 0 Å². The van der Waals surface area contributed by atoms with E-state index in [9.17, 15) is 4.79 Å². The lowest BCUT2D eigenvalue weighted by molar-refractivity contribution is 0.0817. The standard InChI is InChI=1S/C14H19N3O/c1-16-9-11-10(8-17-6-2-3-7-17)4-5-12(15)13(11)14(16)18/h4-5H,2-3,6-9,15H2,1H3. The zero-order valence-corrected chi connectivity index (χ0v) is 10.8. The van der Waals surface area contributed by atoms with Gasteiger partial charge in [-0.2, -0.15) is 0 Å². The average Bonchev–Trinajstić information content (AvgIpc) is 2.94. The molecule has 2 aliphatic rings. The fraction of sp³-hybridized carbons (Fsp3) is 0.500. The van der Waals surface area contributed by atoms with E-state index in [0.29, 0.717) is 12.2 Å². The quantitative estimate of drug-likeness (QED) is 0.802. The molecule has 0 radical (unpaired) electrons. The van der Waals surface area contributed by atoms with Crippen molar-refractivity contribution in [2.75, 3.05) is 25.9 Å². The van der Waals surface area contributed by atoms with Gasteiger partial charge in [0.15, 0.2) is 0 Å². The molecule has 0 aliphatic carbocycles. The minimum Gasteiger partial charge on any atom is -0.398 e. The van der Waals surface area contributed by atoms with Gasteiger partial charge in [0, 0.05) is 25.8 Å². The Morgan fingerprint density at radius 2 is 2.00 bits per heavy atom. The van der Waals surface area contributed by atoms with Crippen molar-refractivity contribution in [3.8, 4) is 0 Å². The van der Waals surface area contributed by atoms with Gasteiger partial charge in [0.05, 0.1) is 5.56 Å². The first-order chi connectivity index (χ1) is 8.66. The largest absolute Gasteiger partial charge is 0.398 e. The van der Waals surface area contributed by atoms with Gasteiger partial charge in [0.2, 0.25) is 0 Å². The number of nitrogens with two attached hydrogens (primary N) is 1. The maximum Gasteiger partial charge on any atom is 0.256 e. The lowest BCUT2D eigenvalue weighted by Gasteiger charge is -2.17. The van der Waals surface area contributed by atoms with E-state index in [2.05, 4.69) is 11.0 Å². The van der Waals surface area contributed by atoms with Gasteiger partial charge in [0.25, 0.3) is 5.91 Å². The minimum absolute atomic E-state index is 0.0609. The van der Waals surface area contributed by atoms with Crippen molar-refractivity contribution < 1.29 is 4.79 Å². The highest BCUT2D eigenvalue weighted by Crippen LogP contribution is 2.30. The minimum atomic E-state index is 0.0609. The number of fused-ring (bicyclic) bond motifs is 1. The normalized spacial score (nSPS) is 19.6. The number of rotatable bonds is 2. The number of hydrogen-bond acceptors (Lipinski definition) is 3. The number of nitrogen functional groups attached to an aromatic ring is 1. The Morgan fingerprint density at radius 1 is 1.28 bits per heavy atom. The van der Waals surface area contributed by atoms with Crippen molar-refractivity contribution in [1.29, 1.82) is 0 Å². The lowest BCUT2D eigenvalue weighted by atomic mass is 10.0. The van der Waals surface area contributed by atoms with E-state index < -0.39 is 0 Å². The molecule has 1 fully saturated rings. The average molecular weight is 245 g/mol. The fourth-order valence-electron chi connectivity index (χ4n) is 2.97. The summed E-state index contributed by atoms with van der Waals surface area (Å²) < 4.78 is 0. The van der Waals surface area contributed by atoms with E-state index in [4.69, 9.17) is 5.73 Å². The Hall–Kier alpha value is -1.55. The van der Waals surface area contributed by atoms with E-state index in [1.165, 1.54) is 31.5 Å². The highest BCUT2D eigenvalue weighted by molar-refractivity contribution is 6.03. The number of amides is 1. The van der Waals surface area contributed by atoms with Crippen molar-refractivity contribution in [2.24, 2.45) is 0 Å². The summed E-state index contributed by atoms with van der Waals surface area (Å²) in [6.45, 7) is 3.98. The molecule has 0 atom stereocenters. The second-order valence-corrected chi connectivity index (χ2v) is 5.31. The van der Waals surface area contributed by atoms with Crippen LogP contribution in [0.1, 0.15) is 34.3 Å². The Balaban J connectivity index is 1.95. The summed E-state index contributed by atoms with van der Waals surface area (Å²) in [6.07, 6.45) is 2.58. The second-order valence-electron chi connectivity index (χ2n) is 5.31. The Kier molecular flexibility index (Phi) is 2.74. The number of carbonyl (C=O) groups excluding carboxylic acids is 1. The molecule has 2 heterocycles. The third kappa shape index (κ3) is 1.77. The van der Waals surface area contributed by atoms with Crippen LogP contribution in [0.4, 0.5) is 5.69 Å². The summed E-state index contributed by atoms with van der Waals surface area (Å²) in [6, 6.07) is 3.96. The molecular formula is C14H19N3O. The number of likely N-dealkylation sites (tertiary alicyclic amines) is 1. The van der Waals surface area contributed by atoms with E-state index in [-0.39, 0.29) is 5.91 Å².